The van der Waals surface area contributed by atoms with E-state index in [0.29, 0.717) is 5.56 Å². The van der Waals surface area contributed by atoms with Crippen LogP contribution in [0.3, 0.4) is 0 Å². The first-order valence-electron chi connectivity index (χ1n) is 6.89. The summed E-state index contributed by atoms with van der Waals surface area (Å²) in [5, 5.41) is 9.37. The van der Waals surface area contributed by atoms with Gasteiger partial charge in [-0.1, -0.05) is 6.92 Å². The second kappa shape index (κ2) is 6.32. The van der Waals surface area contributed by atoms with E-state index in [2.05, 4.69) is 0 Å². The fourth-order valence-electron chi connectivity index (χ4n) is 2.52. The summed E-state index contributed by atoms with van der Waals surface area (Å²) >= 11 is 0. The summed E-state index contributed by atoms with van der Waals surface area (Å²) in [4.78, 5) is 22.8. The molecular weight excluding hydrogens is 274 g/mol. The minimum absolute atomic E-state index is 0.0573. The molecule has 1 aromatic rings. The van der Waals surface area contributed by atoms with Crippen molar-refractivity contribution >= 4 is 11.8 Å². The monoisotopic (exact) mass is 294 g/mol. The highest BCUT2D eigenvalue weighted by atomic mass is 16.6. The Balaban J connectivity index is 2.33. The molecule has 0 radical (unpaired) electrons. The minimum atomic E-state index is -0.555. The predicted molar refractivity (Wildman–Crippen MR) is 72.4 cm³/mol. The number of aromatic nitrogens is 1. The zero-order chi connectivity index (χ0) is 15.6. The van der Waals surface area contributed by atoms with Gasteiger partial charge in [-0.3, -0.25) is 9.59 Å². The summed E-state index contributed by atoms with van der Waals surface area (Å²) < 4.78 is 12.8. The van der Waals surface area contributed by atoms with Gasteiger partial charge >= 0.3 is 12.2 Å². The molecule has 0 amide bonds. The first-order valence-corrected chi connectivity index (χ1v) is 6.89. The fraction of sp³-hybridized carbons (Fsp3) is 0.533. The zero-order valence-electron chi connectivity index (χ0n) is 12.4. The van der Waals surface area contributed by atoms with E-state index in [1.807, 2.05) is 6.92 Å². The molecule has 0 unspecified atom stereocenters. The highest BCUT2D eigenvalue weighted by molar-refractivity contribution is 5.93. The number of aliphatic hydroxyl groups excluding tert-OH is 1. The summed E-state index contributed by atoms with van der Waals surface area (Å²) in [7, 11) is 0. The van der Waals surface area contributed by atoms with E-state index in [1.165, 1.54) is 13.8 Å². The number of rotatable bonds is 4. The number of carbonyl (C=O) groups excluding carboxylic acids is 2. The average molecular weight is 294 g/mol. The van der Waals surface area contributed by atoms with Crippen LogP contribution in [0.15, 0.2) is 24.5 Å². The Morgan fingerprint density at radius 3 is 2.71 bits per heavy atom. The van der Waals surface area contributed by atoms with Gasteiger partial charge < -0.3 is 14.6 Å². The normalized spacial score (nSPS) is 28.4. The smallest absolute Gasteiger partial charge is 0.303 e. The van der Waals surface area contributed by atoms with Crippen LogP contribution in [0.4, 0.5) is 0 Å². The lowest BCUT2D eigenvalue weighted by atomic mass is 10.0. The standard InChI is InChI=1S/C15H20NO5/c1-9-13(8-17)21-15(14(9)20-11(3)19)16-6-4-5-12(7-16)10(2)18/h4-7,9,13-15,17H,8H2,1-3H3/q+1/t9-,13-,14-,15-/m1/s1. The molecule has 0 aromatic carbocycles. The van der Waals surface area contributed by atoms with Crippen LogP contribution in [-0.4, -0.2) is 35.7 Å². The second-order valence-electron chi connectivity index (χ2n) is 5.28. The summed E-state index contributed by atoms with van der Waals surface area (Å²) in [6.07, 6.45) is 1.94. The number of Topliss-reactive ketones (excluding diaryl/α,β-unsaturated/α-hetero) is 1. The lowest BCUT2D eigenvalue weighted by molar-refractivity contribution is -0.765. The molecule has 2 rings (SSSR count). The molecular formula is C15H20NO5+. The first-order chi connectivity index (χ1) is 9.93. The molecule has 0 spiro atoms. The van der Waals surface area contributed by atoms with E-state index in [0.717, 1.165) is 0 Å². The highest BCUT2D eigenvalue weighted by Crippen LogP contribution is 2.32. The summed E-state index contributed by atoms with van der Waals surface area (Å²) in [6, 6.07) is 3.45. The third kappa shape index (κ3) is 3.28. The second-order valence-corrected chi connectivity index (χ2v) is 5.28. The molecule has 2 heterocycles. The molecule has 1 saturated heterocycles. The van der Waals surface area contributed by atoms with Crippen molar-refractivity contribution in [2.45, 2.75) is 39.2 Å². The Kier molecular flexibility index (Phi) is 4.69. The van der Waals surface area contributed by atoms with Crippen molar-refractivity contribution in [3.05, 3.63) is 30.1 Å². The molecule has 1 N–H and O–H groups in total. The number of nitrogens with zero attached hydrogens (tertiary/aromatic N) is 1. The topological polar surface area (TPSA) is 76.7 Å². The number of hydrogen-bond acceptors (Lipinski definition) is 5. The van der Waals surface area contributed by atoms with Crippen LogP contribution < -0.4 is 4.57 Å². The van der Waals surface area contributed by atoms with E-state index in [-0.39, 0.29) is 18.3 Å². The minimum Gasteiger partial charge on any atom is -0.452 e. The number of ketones is 1. The number of ether oxygens (including phenoxy) is 2. The Morgan fingerprint density at radius 2 is 2.14 bits per heavy atom. The molecule has 0 saturated carbocycles. The van der Waals surface area contributed by atoms with Gasteiger partial charge in [0.25, 0.3) is 0 Å². The molecule has 21 heavy (non-hydrogen) atoms. The van der Waals surface area contributed by atoms with Gasteiger partial charge in [0.1, 0.15) is 0 Å². The molecule has 1 fully saturated rings. The van der Waals surface area contributed by atoms with Gasteiger partial charge in [0, 0.05) is 18.9 Å². The fourth-order valence-corrected chi connectivity index (χ4v) is 2.52. The van der Waals surface area contributed by atoms with Crippen LogP contribution in [0.1, 0.15) is 37.4 Å². The zero-order valence-corrected chi connectivity index (χ0v) is 12.4. The van der Waals surface area contributed by atoms with Crippen molar-refractivity contribution in [1.29, 1.82) is 0 Å². The number of hydrogen-bond donors (Lipinski definition) is 1. The Labute approximate surface area is 123 Å². The lowest BCUT2D eigenvalue weighted by Crippen LogP contribution is -2.46. The third-order valence-electron chi connectivity index (χ3n) is 3.70. The van der Waals surface area contributed by atoms with Crippen LogP contribution >= 0.6 is 0 Å². The van der Waals surface area contributed by atoms with E-state index < -0.39 is 24.4 Å². The molecule has 6 heteroatoms. The number of pyridine rings is 1. The number of carbonyl (C=O) groups is 2. The van der Waals surface area contributed by atoms with Crippen molar-refractivity contribution in [1.82, 2.24) is 0 Å². The van der Waals surface area contributed by atoms with E-state index in [9.17, 15) is 14.7 Å². The lowest BCUT2D eigenvalue weighted by Gasteiger charge is -2.17. The van der Waals surface area contributed by atoms with Gasteiger partial charge in [0.2, 0.25) is 0 Å². The molecule has 1 aliphatic heterocycles. The van der Waals surface area contributed by atoms with Crippen LogP contribution in [0.5, 0.6) is 0 Å². The van der Waals surface area contributed by atoms with E-state index in [4.69, 9.17) is 9.47 Å². The Bertz CT molecular complexity index is 545. The Hall–Kier alpha value is -1.79. The maximum absolute atomic E-state index is 11.5. The quantitative estimate of drug-likeness (QED) is 0.501. The van der Waals surface area contributed by atoms with Crippen LogP contribution in [0.25, 0.3) is 0 Å². The Morgan fingerprint density at radius 1 is 1.43 bits per heavy atom. The van der Waals surface area contributed by atoms with Crippen LogP contribution in [0, 0.1) is 5.92 Å². The van der Waals surface area contributed by atoms with Crippen molar-refractivity contribution in [2.24, 2.45) is 5.92 Å². The van der Waals surface area contributed by atoms with Crippen molar-refractivity contribution in [2.75, 3.05) is 6.61 Å². The molecule has 0 aliphatic carbocycles. The third-order valence-corrected chi connectivity index (χ3v) is 3.70. The maximum Gasteiger partial charge on any atom is 0.303 e. The van der Waals surface area contributed by atoms with E-state index >= 15 is 0 Å². The van der Waals surface area contributed by atoms with Crippen LogP contribution in [-0.2, 0) is 14.3 Å². The molecule has 114 valence electrons. The van der Waals surface area contributed by atoms with Crippen molar-refractivity contribution in [3.8, 4) is 0 Å². The van der Waals surface area contributed by atoms with Crippen molar-refractivity contribution < 1.29 is 28.7 Å². The number of aliphatic hydroxyl groups is 1. The molecule has 1 aromatic heterocycles. The van der Waals surface area contributed by atoms with Gasteiger partial charge in [-0.25, -0.2) is 0 Å². The van der Waals surface area contributed by atoms with Crippen molar-refractivity contribution in [3.63, 3.8) is 0 Å². The summed E-state index contributed by atoms with van der Waals surface area (Å²) in [6.45, 7) is 4.54. The van der Waals surface area contributed by atoms with Gasteiger partial charge in [-0.15, -0.1) is 0 Å². The summed E-state index contributed by atoms with van der Waals surface area (Å²) in [5.41, 5.74) is 0.544. The SMILES string of the molecule is CC(=O)O[C@@H]1[C@H](C)[C@@H](CO)O[C@H]1[n+]1cccc(C(C)=O)c1. The average Bonchev–Trinajstić information content (AvgIpc) is 2.75. The van der Waals surface area contributed by atoms with E-state index in [1.54, 1.807) is 29.1 Å². The molecule has 0 bridgehead atoms. The number of esters is 1. The van der Waals surface area contributed by atoms with Gasteiger partial charge in [0.05, 0.1) is 18.3 Å². The maximum atomic E-state index is 11.5. The van der Waals surface area contributed by atoms with Gasteiger partial charge in [-0.05, 0) is 13.0 Å². The molecule has 6 nitrogen and oxygen atoms in total. The van der Waals surface area contributed by atoms with Crippen LogP contribution in [0.2, 0.25) is 0 Å². The predicted octanol–water partition coefficient (Wildman–Crippen LogP) is 0.634. The highest BCUT2D eigenvalue weighted by Gasteiger charge is 2.49. The van der Waals surface area contributed by atoms with Gasteiger partial charge in [0.15, 0.2) is 24.3 Å². The molecule has 4 atom stereocenters. The largest absolute Gasteiger partial charge is 0.452 e. The molecule has 1 aliphatic rings. The summed E-state index contributed by atoms with van der Waals surface area (Å²) in [5.74, 6) is -0.599. The van der Waals surface area contributed by atoms with Gasteiger partial charge in [-0.2, -0.15) is 4.57 Å². The first kappa shape index (κ1) is 15.6.